The lowest BCUT2D eigenvalue weighted by Crippen LogP contribution is -2.37. The van der Waals surface area contributed by atoms with Gasteiger partial charge in [0.25, 0.3) is 0 Å². The molecule has 0 bridgehead atoms. The number of hydrogen-bond donors (Lipinski definition) is 2. The lowest BCUT2D eigenvalue weighted by atomic mass is 10.1. The zero-order valence-corrected chi connectivity index (χ0v) is 18.3. The summed E-state index contributed by atoms with van der Waals surface area (Å²) >= 11 is 0. The second-order valence-corrected chi connectivity index (χ2v) is 6.01. The van der Waals surface area contributed by atoms with Crippen molar-refractivity contribution in [2.45, 2.75) is 33.1 Å². The van der Waals surface area contributed by atoms with Crippen molar-refractivity contribution in [3.63, 3.8) is 0 Å². The largest absolute Gasteiger partial charge is 0.484 e. The topological polar surface area (TPSA) is 63.5 Å². The molecule has 0 aliphatic heterocycles. The fourth-order valence-electron chi connectivity index (χ4n) is 2.34. The van der Waals surface area contributed by atoms with Gasteiger partial charge in [-0.1, -0.05) is 12.1 Å². The minimum atomic E-state index is -4.39. The summed E-state index contributed by atoms with van der Waals surface area (Å²) < 4.78 is 44.1. The second-order valence-electron chi connectivity index (χ2n) is 6.01. The first-order valence-corrected chi connectivity index (χ1v) is 8.56. The number of hydrogen-bond acceptors (Lipinski definition) is 3. The van der Waals surface area contributed by atoms with E-state index >= 15 is 0 Å². The Kier molecular flexibility index (Phi) is 9.56. The first-order valence-electron chi connectivity index (χ1n) is 8.56. The fourth-order valence-corrected chi connectivity index (χ4v) is 2.34. The van der Waals surface area contributed by atoms with E-state index in [1.54, 1.807) is 29.9 Å². The molecule has 10 heteroatoms. The van der Waals surface area contributed by atoms with Crippen molar-refractivity contribution in [1.29, 1.82) is 0 Å². The molecule has 0 fully saturated rings. The summed E-state index contributed by atoms with van der Waals surface area (Å²) in [5.41, 5.74) is 2.38. The molecule has 0 aliphatic carbocycles. The second kappa shape index (κ2) is 11.1. The highest BCUT2D eigenvalue weighted by atomic mass is 127. The standard InChI is InChI=1S/C18H24F3N5O.HI/c1-4-22-17(24-11-15-7-8-25-26(15)3)23-10-14-6-5-13(2)9-16(14)27-12-18(19,20)21;/h5-9H,4,10-12H2,1-3H3,(H2,22,23,24);1H. The van der Waals surface area contributed by atoms with Crippen LogP contribution in [0.15, 0.2) is 35.5 Å². The van der Waals surface area contributed by atoms with Gasteiger partial charge in [-0.05, 0) is 31.5 Å². The summed E-state index contributed by atoms with van der Waals surface area (Å²) in [4.78, 5) is 4.45. The number of aliphatic imine (C=N–C) groups is 1. The molecule has 28 heavy (non-hydrogen) atoms. The molecule has 0 saturated heterocycles. The Hall–Kier alpha value is -1.98. The van der Waals surface area contributed by atoms with Gasteiger partial charge in [0.05, 0.1) is 18.8 Å². The van der Waals surface area contributed by atoms with E-state index in [1.807, 2.05) is 26.1 Å². The van der Waals surface area contributed by atoms with Gasteiger partial charge >= 0.3 is 6.18 Å². The number of benzene rings is 1. The highest BCUT2D eigenvalue weighted by molar-refractivity contribution is 14.0. The molecule has 0 saturated carbocycles. The quantitative estimate of drug-likeness (QED) is 0.339. The molecule has 1 aromatic carbocycles. The molecule has 0 spiro atoms. The third-order valence-corrected chi connectivity index (χ3v) is 3.73. The van der Waals surface area contributed by atoms with Crippen molar-refractivity contribution in [2.75, 3.05) is 13.2 Å². The summed E-state index contributed by atoms with van der Waals surface area (Å²) in [6.07, 6.45) is -2.68. The molecule has 0 unspecified atom stereocenters. The van der Waals surface area contributed by atoms with Crippen LogP contribution in [0, 0.1) is 6.92 Å². The van der Waals surface area contributed by atoms with Crippen molar-refractivity contribution in [1.82, 2.24) is 20.4 Å². The van der Waals surface area contributed by atoms with Crippen LogP contribution in [-0.4, -0.2) is 35.1 Å². The van der Waals surface area contributed by atoms with E-state index < -0.39 is 12.8 Å². The van der Waals surface area contributed by atoms with E-state index in [0.717, 1.165) is 11.3 Å². The molecule has 2 N–H and O–H groups in total. The fraction of sp³-hybridized carbons (Fsp3) is 0.444. The minimum absolute atomic E-state index is 0. The van der Waals surface area contributed by atoms with Crippen LogP contribution in [0.3, 0.4) is 0 Å². The van der Waals surface area contributed by atoms with E-state index in [-0.39, 0.29) is 36.3 Å². The van der Waals surface area contributed by atoms with Crippen molar-refractivity contribution >= 4 is 29.9 Å². The Morgan fingerprint density at radius 3 is 2.61 bits per heavy atom. The molecular formula is C18H25F3IN5O. The van der Waals surface area contributed by atoms with Crippen LogP contribution in [0.2, 0.25) is 0 Å². The van der Waals surface area contributed by atoms with Crippen LogP contribution in [0.25, 0.3) is 0 Å². The van der Waals surface area contributed by atoms with Crippen LogP contribution in [-0.2, 0) is 20.1 Å². The number of guanidine groups is 1. The van der Waals surface area contributed by atoms with E-state index in [4.69, 9.17) is 4.74 Å². The van der Waals surface area contributed by atoms with E-state index in [1.165, 1.54) is 0 Å². The Labute approximate surface area is 179 Å². The van der Waals surface area contributed by atoms with Gasteiger partial charge in [-0.25, -0.2) is 4.99 Å². The number of halogens is 4. The Bertz CT molecular complexity index is 777. The highest BCUT2D eigenvalue weighted by Crippen LogP contribution is 2.24. The smallest absolute Gasteiger partial charge is 0.422 e. The first kappa shape index (κ1) is 24.1. The monoisotopic (exact) mass is 511 g/mol. The number of ether oxygens (including phenoxy) is 1. The maximum absolute atomic E-state index is 12.5. The van der Waals surface area contributed by atoms with Gasteiger partial charge in [-0.3, -0.25) is 4.68 Å². The Balaban J connectivity index is 0.00000392. The molecule has 0 radical (unpaired) electrons. The predicted molar refractivity (Wildman–Crippen MR) is 113 cm³/mol. The van der Waals surface area contributed by atoms with Crippen LogP contribution < -0.4 is 15.4 Å². The number of aryl methyl sites for hydroxylation is 2. The van der Waals surface area contributed by atoms with Crippen molar-refractivity contribution in [3.05, 3.63) is 47.3 Å². The average Bonchev–Trinajstić information content (AvgIpc) is 3.01. The van der Waals surface area contributed by atoms with Crippen molar-refractivity contribution in [2.24, 2.45) is 12.0 Å². The van der Waals surface area contributed by atoms with Gasteiger partial charge in [0.15, 0.2) is 12.6 Å². The SMILES string of the molecule is CCNC(=NCc1ccc(C)cc1OCC(F)(F)F)NCc1ccnn1C.I. The van der Waals surface area contributed by atoms with Crippen molar-refractivity contribution in [3.8, 4) is 5.75 Å². The summed E-state index contributed by atoms with van der Waals surface area (Å²) in [5.74, 6) is 0.750. The number of nitrogens with zero attached hydrogens (tertiary/aromatic N) is 3. The van der Waals surface area contributed by atoms with Crippen LogP contribution >= 0.6 is 24.0 Å². The summed E-state index contributed by atoms with van der Waals surface area (Å²) in [6, 6.07) is 7.03. The van der Waals surface area contributed by atoms with Crippen LogP contribution in [0.5, 0.6) is 5.75 Å². The number of nitrogens with one attached hydrogen (secondary N) is 2. The van der Waals surface area contributed by atoms with Gasteiger partial charge in [-0.15, -0.1) is 24.0 Å². The molecule has 156 valence electrons. The van der Waals surface area contributed by atoms with E-state index in [2.05, 4.69) is 20.7 Å². The van der Waals surface area contributed by atoms with Gasteiger partial charge in [-0.2, -0.15) is 18.3 Å². The third kappa shape index (κ3) is 7.95. The number of alkyl halides is 3. The zero-order chi connectivity index (χ0) is 19.9. The summed E-state index contributed by atoms with van der Waals surface area (Å²) in [7, 11) is 1.84. The molecular weight excluding hydrogens is 486 g/mol. The minimum Gasteiger partial charge on any atom is -0.484 e. The molecule has 0 atom stereocenters. The lowest BCUT2D eigenvalue weighted by Gasteiger charge is -2.14. The van der Waals surface area contributed by atoms with Crippen LogP contribution in [0.4, 0.5) is 13.2 Å². The van der Waals surface area contributed by atoms with Gasteiger partial charge in [0.1, 0.15) is 5.75 Å². The van der Waals surface area contributed by atoms with Crippen LogP contribution in [0.1, 0.15) is 23.7 Å². The zero-order valence-electron chi connectivity index (χ0n) is 16.0. The molecule has 0 aliphatic rings. The molecule has 1 aromatic heterocycles. The predicted octanol–water partition coefficient (Wildman–Crippen LogP) is 3.54. The maximum Gasteiger partial charge on any atom is 0.422 e. The Morgan fingerprint density at radius 2 is 2.00 bits per heavy atom. The molecule has 2 rings (SSSR count). The number of aromatic nitrogens is 2. The molecule has 1 heterocycles. The number of rotatable bonds is 7. The van der Waals surface area contributed by atoms with Gasteiger partial charge in [0, 0.05) is 25.4 Å². The average molecular weight is 511 g/mol. The molecule has 0 amide bonds. The Morgan fingerprint density at radius 1 is 1.25 bits per heavy atom. The van der Waals surface area contributed by atoms with E-state index in [0.29, 0.717) is 24.6 Å². The lowest BCUT2D eigenvalue weighted by molar-refractivity contribution is -0.153. The first-order chi connectivity index (χ1) is 12.8. The van der Waals surface area contributed by atoms with Gasteiger partial charge < -0.3 is 15.4 Å². The normalized spacial score (nSPS) is 11.7. The summed E-state index contributed by atoms with van der Waals surface area (Å²) in [6.45, 7) is 3.77. The highest BCUT2D eigenvalue weighted by Gasteiger charge is 2.28. The van der Waals surface area contributed by atoms with E-state index in [9.17, 15) is 13.2 Å². The van der Waals surface area contributed by atoms with Gasteiger partial charge in [0.2, 0.25) is 0 Å². The maximum atomic E-state index is 12.5. The summed E-state index contributed by atoms with van der Waals surface area (Å²) in [5, 5.41) is 10.4. The van der Waals surface area contributed by atoms with Crippen molar-refractivity contribution < 1.29 is 17.9 Å². The third-order valence-electron chi connectivity index (χ3n) is 3.73. The molecule has 2 aromatic rings. The molecule has 6 nitrogen and oxygen atoms in total.